The van der Waals surface area contributed by atoms with Crippen LogP contribution in [0.1, 0.15) is 50.4 Å². The van der Waals surface area contributed by atoms with Crippen molar-refractivity contribution < 1.29 is 9.72 Å². The zero-order chi connectivity index (χ0) is 16.0. The Bertz CT molecular complexity index is 517. The first-order chi connectivity index (χ1) is 9.94. The minimum atomic E-state index is -0.491. The van der Waals surface area contributed by atoms with Crippen molar-refractivity contribution in [2.45, 2.75) is 45.6 Å². The molecule has 0 aromatic heterocycles. The number of rotatable bonds is 7. The van der Waals surface area contributed by atoms with Crippen molar-refractivity contribution in [1.29, 1.82) is 0 Å². The zero-order valence-electron chi connectivity index (χ0n) is 13.0. The lowest BCUT2D eigenvalue weighted by atomic mass is 9.89. The van der Waals surface area contributed by atoms with E-state index in [0.29, 0.717) is 5.56 Å². The summed E-state index contributed by atoms with van der Waals surface area (Å²) in [6.07, 6.45) is 2.45. The molecule has 6 nitrogen and oxygen atoms in total. The van der Waals surface area contributed by atoms with E-state index in [1.54, 1.807) is 13.1 Å². The van der Waals surface area contributed by atoms with Gasteiger partial charge in [-0.3, -0.25) is 14.9 Å². The molecule has 1 aromatic rings. The molecule has 116 valence electrons. The van der Waals surface area contributed by atoms with Crippen LogP contribution in [0.5, 0.6) is 0 Å². The van der Waals surface area contributed by atoms with Crippen LogP contribution in [0, 0.1) is 10.1 Å². The van der Waals surface area contributed by atoms with Crippen molar-refractivity contribution in [1.82, 2.24) is 5.32 Å². The van der Waals surface area contributed by atoms with Gasteiger partial charge in [-0.1, -0.05) is 26.8 Å². The normalized spacial score (nSPS) is 11.0. The van der Waals surface area contributed by atoms with E-state index in [1.807, 2.05) is 20.8 Å². The van der Waals surface area contributed by atoms with Crippen molar-refractivity contribution >= 4 is 17.3 Å². The lowest BCUT2D eigenvalue weighted by molar-refractivity contribution is -0.384. The van der Waals surface area contributed by atoms with Crippen molar-refractivity contribution in [3.8, 4) is 0 Å². The monoisotopic (exact) mass is 293 g/mol. The van der Waals surface area contributed by atoms with E-state index in [2.05, 4.69) is 10.6 Å². The van der Waals surface area contributed by atoms with Gasteiger partial charge in [-0.05, 0) is 25.3 Å². The van der Waals surface area contributed by atoms with Crippen molar-refractivity contribution in [2.75, 3.05) is 12.4 Å². The molecule has 21 heavy (non-hydrogen) atoms. The third kappa shape index (κ3) is 3.51. The fourth-order valence-electron chi connectivity index (χ4n) is 2.47. The van der Waals surface area contributed by atoms with Gasteiger partial charge in [-0.2, -0.15) is 0 Å². The number of carbonyl (C=O) groups is 1. The first-order valence-corrected chi connectivity index (χ1v) is 7.22. The molecule has 0 aliphatic carbocycles. The summed E-state index contributed by atoms with van der Waals surface area (Å²) in [5, 5.41) is 16.8. The van der Waals surface area contributed by atoms with Crippen LogP contribution in [0.15, 0.2) is 18.2 Å². The van der Waals surface area contributed by atoms with E-state index in [4.69, 9.17) is 0 Å². The molecule has 0 bridgehead atoms. The first kappa shape index (κ1) is 16.9. The minimum absolute atomic E-state index is 0.0970. The van der Waals surface area contributed by atoms with Gasteiger partial charge in [0.05, 0.1) is 10.5 Å². The molecule has 0 aliphatic rings. The van der Waals surface area contributed by atoms with Gasteiger partial charge in [0.15, 0.2) is 0 Å². The zero-order valence-corrected chi connectivity index (χ0v) is 13.0. The van der Waals surface area contributed by atoms with Crippen LogP contribution < -0.4 is 10.6 Å². The molecule has 0 unspecified atom stereocenters. The lowest BCUT2D eigenvalue weighted by Gasteiger charge is -2.32. The van der Waals surface area contributed by atoms with Gasteiger partial charge < -0.3 is 10.6 Å². The Morgan fingerprint density at radius 2 is 1.81 bits per heavy atom. The fraction of sp³-hybridized carbons (Fsp3) is 0.533. The number of nitrogens with one attached hydrogen (secondary N) is 2. The fourth-order valence-corrected chi connectivity index (χ4v) is 2.47. The maximum Gasteiger partial charge on any atom is 0.293 e. The summed E-state index contributed by atoms with van der Waals surface area (Å²) in [6.45, 7) is 6.08. The molecule has 0 aliphatic heterocycles. The Morgan fingerprint density at radius 3 is 2.24 bits per heavy atom. The number of nitro benzene ring substituents is 1. The standard InChI is InChI=1S/C15H23N3O3/c1-5-15(6-2,7-3)17-14(19)11-9-8-10-12(18(20)21)13(11)16-4/h8-10,16H,5-7H2,1-4H3,(H,17,19). The number of hydrogen-bond acceptors (Lipinski definition) is 4. The second-order valence-electron chi connectivity index (χ2n) is 5.00. The highest BCUT2D eigenvalue weighted by molar-refractivity contribution is 6.02. The Hall–Kier alpha value is -2.11. The molecule has 2 N–H and O–H groups in total. The van der Waals surface area contributed by atoms with E-state index >= 15 is 0 Å². The smallest absolute Gasteiger partial charge is 0.293 e. The lowest BCUT2D eigenvalue weighted by Crippen LogP contribution is -2.47. The quantitative estimate of drug-likeness (QED) is 0.596. The molecule has 1 aromatic carbocycles. The summed E-state index contributed by atoms with van der Waals surface area (Å²) >= 11 is 0. The third-order valence-electron chi connectivity index (χ3n) is 4.14. The molecule has 0 saturated heterocycles. The number of carbonyl (C=O) groups excluding carboxylic acids is 1. The van der Waals surface area contributed by atoms with Crippen LogP contribution in [-0.4, -0.2) is 23.4 Å². The maximum absolute atomic E-state index is 12.5. The van der Waals surface area contributed by atoms with E-state index in [-0.39, 0.29) is 22.8 Å². The summed E-state index contributed by atoms with van der Waals surface area (Å²) in [6, 6.07) is 4.51. The van der Waals surface area contributed by atoms with Gasteiger partial charge in [0, 0.05) is 18.7 Å². The van der Waals surface area contributed by atoms with Crippen LogP contribution in [0.3, 0.4) is 0 Å². The average molecular weight is 293 g/mol. The predicted octanol–water partition coefficient (Wildman–Crippen LogP) is 3.34. The summed E-state index contributed by atoms with van der Waals surface area (Å²) in [4.78, 5) is 23.1. The van der Waals surface area contributed by atoms with Gasteiger partial charge in [0.1, 0.15) is 5.69 Å². The number of anilines is 1. The Kier molecular flexibility index (Phi) is 5.69. The molecule has 0 saturated carbocycles. The summed E-state index contributed by atoms with van der Waals surface area (Å²) in [5.41, 5.74) is 0.177. The van der Waals surface area contributed by atoms with E-state index in [1.165, 1.54) is 12.1 Å². The largest absolute Gasteiger partial charge is 0.382 e. The molecular formula is C15H23N3O3. The highest BCUT2D eigenvalue weighted by Gasteiger charge is 2.28. The predicted molar refractivity (Wildman–Crippen MR) is 83.7 cm³/mol. The van der Waals surface area contributed by atoms with Gasteiger partial charge in [-0.15, -0.1) is 0 Å². The number of hydrogen-bond donors (Lipinski definition) is 2. The van der Waals surface area contributed by atoms with E-state index in [0.717, 1.165) is 19.3 Å². The van der Waals surface area contributed by atoms with E-state index in [9.17, 15) is 14.9 Å². The second kappa shape index (κ2) is 7.06. The topological polar surface area (TPSA) is 84.3 Å². The van der Waals surface area contributed by atoms with Crippen LogP contribution in [0.2, 0.25) is 0 Å². The number of benzene rings is 1. The van der Waals surface area contributed by atoms with Crippen LogP contribution in [0.25, 0.3) is 0 Å². The summed E-state index contributed by atoms with van der Waals surface area (Å²) in [5.74, 6) is -0.284. The van der Waals surface area contributed by atoms with Gasteiger partial charge in [0.2, 0.25) is 0 Å². The number of para-hydroxylation sites is 1. The molecule has 0 radical (unpaired) electrons. The molecule has 0 spiro atoms. The number of nitrogens with zero attached hydrogens (tertiary/aromatic N) is 1. The SMILES string of the molecule is CCC(CC)(CC)NC(=O)c1cccc([N+](=O)[O-])c1NC. The third-order valence-corrected chi connectivity index (χ3v) is 4.14. The Morgan fingerprint density at radius 1 is 1.24 bits per heavy atom. The molecule has 0 fully saturated rings. The maximum atomic E-state index is 12.5. The minimum Gasteiger partial charge on any atom is -0.382 e. The highest BCUT2D eigenvalue weighted by atomic mass is 16.6. The molecule has 1 rings (SSSR count). The van der Waals surface area contributed by atoms with Crippen LogP contribution in [0.4, 0.5) is 11.4 Å². The molecule has 0 atom stereocenters. The summed E-state index contributed by atoms with van der Waals surface area (Å²) in [7, 11) is 1.58. The van der Waals surface area contributed by atoms with Gasteiger partial charge >= 0.3 is 0 Å². The van der Waals surface area contributed by atoms with Crippen LogP contribution >= 0.6 is 0 Å². The second-order valence-corrected chi connectivity index (χ2v) is 5.00. The van der Waals surface area contributed by atoms with Crippen molar-refractivity contribution in [2.24, 2.45) is 0 Å². The van der Waals surface area contributed by atoms with Gasteiger partial charge in [-0.25, -0.2) is 0 Å². The average Bonchev–Trinajstić information content (AvgIpc) is 2.51. The summed E-state index contributed by atoms with van der Waals surface area (Å²) < 4.78 is 0. The highest BCUT2D eigenvalue weighted by Crippen LogP contribution is 2.29. The molecule has 6 heteroatoms. The number of nitro groups is 1. The molecule has 0 heterocycles. The van der Waals surface area contributed by atoms with Gasteiger partial charge in [0.25, 0.3) is 11.6 Å². The Balaban J connectivity index is 3.19. The van der Waals surface area contributed by atoms with Crippen LogP contribution in [-0.2, 0) is 0 Å². The van der Waals surface area contributed by atoms with E-state index < -0.39 is 4.92 Å². The molecular weight excluding hydrogens is 270 g/mol. The first-order valence-electron chi connectivity index (χ1n) is 7.22. The Labute approximate surface area is 125 Å². The van der Waals surface area contributed by atoms with Crippen molar-refractivity contribution in [3.05, 3.63) is 33.9 Å². The van der Waals surface area contributed by atoms with Crippen molar-refractivity contribution in [3.63, 3.8) is 0 Å². The number of amides is 1. The molecule has 1 amide bonds.